The Kier molecular flexibility index (Phi) is 2.85. The van der Waals surface area contributed by atoms with Gasteiger partial charge in [0.2, 0.25) is 0 Å². The Bertz CT molecular complexity index is 842. The van der Waals surface area contributed by atoms with Crippen LogP contribution in [0.25, 0.3) is 0 Å². The molecule has 0 unspecified atom stereocenters. The summed E-state index contributed by atoms with van der Waals surface area (Å²) in [5.74, 6) is -0.748. The van der Waals surface area contributed by atoms with Crippen LogP contribution in [0.15, 0.2) is 42.5 Å². The molecule has 23 heavy (non-hydrogen) atoms. The van der Waals surface area contributed by atoms with Gasteiger partial charge in [0, 0.05) is 5.56 Å². The highest BCUT2D eigenvalue weighted by molar-refractivity contribution is 6.23. The van der Waals surface area contributed by atoms with Crippen LogP contribution < -0.4 is 4.90 Å². The summed E-state index contributed by atoms with van der Waals surface area (Å²) < 4.78 is 4.95. The number of hydrogen-bond acceptors (Lipinski definition) is 3. The second kappa shape index (κ2) is 4.69. The van der Waals surface area contributed by atoms with Crippen LogP contribution in [0.5, 0.6) is 0 Å². The number of amides is 1. The van der Waals surface area contributed by atoms with E-state index < -0.39 is 11.4 Å². The quantitative estimate of drug-likeness (QED) is 0.601. The maximum absolute atomic E-state index is 13.2. The number of methoxy groups -OCH3 is 1. The lowest BCUT2D eigenvalue weighted by Crippen LogP contribution is -2.43. The molecule has 116 valence electrons. The lowest BCUT2D eigenvalue weighted by Gasteiger charge is -2.23. The number of rotatable bonds is 1. The lowest BCUT2D eigenvalue weighted by atomic mass is 9.82. The molecule has 1 amide bonds. The summed E-state index contributed by atoms with van der Waals surface area (Å²) in [6.07, 6.45) is 1.73. The molecule has 0 saturated heterocycles. The fourth-order valence-corrected chi connectivity index (χ4v) is 3.74. The van der Waals surface area contributed by atoms with E-state index in [0.717, 1.165) is 40.9 Å². The first-order valence-corrected chi connectivity index (χ1v) is 7.72. The third kappa shape index (κ3) is 1.66. The van der Waals surface area contributed by atoms with E-state index in [4.69, 9.17) is 4.74 Å². The van der Waals surface area contributed by atoms with Crippen molar-refractivity contribution in [3.8, 4) is 0 Å². The van der Waals surface area contributed by atoms with Gasteiger partial charge in [0.05, 0.1) is 18.5 Å². The molecular weight excluding hydrogens is 290 g/mol. The molecular formula is C19H17NO3. The zero-order chi connectivity index (χ0) is 16.2. The van der Waals surface area contributed by atoms with Crippen molar-refractivity contribution in [3.63, 3.8) is 0 Å². The minimum atomic E-state index is -1.29. The lowest BCUT2D eigenvalue weighted by molar-refractivity contribution is -0.150. The molecule has 1 atom stereocenters. The number of anilines is 2. The van der Waals surface area contributed by atoms with Crippen LogP contribution >= 0.6 is 0 Å². The molecule has 0 aromatic heterocycles. The third-order valence-corrected chi connectivity index (χ3v) is 5.00. The second-order valence-electron chi connectivity index (χ2n) is 6.20. The number of para-hydroxylation sites is 2. The van der Waals surface area contributed by atoms with Gasteiger partial charge in [-0.1, -0.05) is 36.4 Å². The zero-order valence-corrected chi connectivity index (χ0v) is 13.1. The van der Waals surface area contributed by atoms with Crippen molar-refractivity contribution >= 4 is 23.3 Å². The number of hydrogen-bond donors (Lipinski definition) is 0. The predicted octanol–water partition coefficient (Wildman–Crippen LogP) is 2.89. The zero-order valence-electron chi connectivity index (χ0n) is 13.1. The van der Waals surface area contributed by atoms with Crippen molar-refractivity contribution in [1.82, 2.24) is 0 Å². The van der Waals surface area contributed by atoms with Gasteiger partial charge in [0.25, 0.3) is 5.91 Å². The normalized spacial score (nSPS) is 21.5. The van der Waals surface area contributed by atoms with Crippen molar-refractivity contribution in [2.24, 2.45) is 0 Å². The Morgan fingerprint density at radius 1 is 1.09 bits per heavy atom. The topological polar surface area (TPSA) is 46.6 Å². The van der Waals surface area contributed by atoms with Gasteiger partial charge in [0.1, 0.15) is 0 Å². The van der Waals surface area contributed by atoms with Crippen LogP contribution in [0, 0.1) is 0 Å². The molecule has 2 aliphatic heterocycles. The minimum Gasteiger partial charge on any atom is -0.468 e. The largest absolute Gasteiger partial charge is 0.468 e. The smallest absolute Gasteiger partial charge is 0.325 e. The molecule has 2 heterocycles. The SMILES string of the molecule is COC(=O)[C@]1(C)C(=O)N2c3ccccc3CCc3cccc1c32. The predicted molar refractivity (Wildman–Crippen MR) is 86.8 cm³/mol. The van der Waals surface area contributed by atoms with Crippen molar-refractivity contribution in [1.29, 1.82) is 0 Å². The molecule has 0 spiro atoms. The molecule has 4 nitrogen and oxygen atoms in total. The molecule has 4 heteroatoms. The highest BCUT2D eigenvalue weighted by Gasteiger charge is 2.55. The van der Waals surface area contributed by atoms with E-state index >= 15 is 0 Å². The molecule has 0 radical (unpaired) electrons. The van der Waals surface area contributed by atoms with Crippen LogP contribution in [0.3, 0.4) is 0 Å². The Balaban J connectivity index is 2.05. The van der Waals surface area contributed by atoms with Crippen LogP contribution in [-0.2, 0) is 32.6 Å². The monoisotopic (exact) mass is 307 g/mol. The van der Waals surface area contributed by atoms with E-state index in [-0.39, 0.29) is 5.91 Å². The standard InChI is InChI=1S/C19H17NO3/c1-19(18(22)23-2)14-8-5-7-13-11-10-12-6-3-4-9-15(12)20(16(13)14)17(19)21/h3-9H,10-11H2,1-2H3/t19-/m0/s1. The van der Waals surface area contributed by atoms with Gasteiger partial charge < -0.3 is 4.74 Å². The van der Waals surface area contributed by atoms with E-state index in [1.54, 1.807) is 11.8 Å². The average molecular weight is 307 g/mol. The van der Waals surface area contributed by atoms with Crippen molar-refractivity contribution in [2.45, 2.75) is 25.2 Å². The summed E-state index contributed by atoms with van der Waals surface area (Å²) in [4.78, 5) is 27.4. The van der Waals surface area contributed by atoms with Gasteiger partial charge in [-0.3, -0.25) is 14.5 Å². The third-order valence-electron chi connectivity index (χ3n) is 5.00. The number of ether oxygens (including phenoxy) is 1. The number of nitrogens with zero attached hydrogens (tertiary/aromatic N) is 1. The van der Waals surface area contributed by atoms with Gasteiger partial charge in [-0.2, -0.15) is 0 Å². The molecule has 0 saturated carbocycles. The summed E-state index contributed by atoms with van der Waals surface area (Å²) in [6, 6.07) is 13.7. The van der Waals surface area contributed by atoms with Crippen LogP contribution in [0.1, 0.15) is 23.6 Å². The van der Waals surface area contributed by atoms with Crippen LogP contribution in [0.2, 0.25) is 0 Å². The molecule has 2 aliphatic rings. The summed E-state index contributed by atoms with van der Waals surface area (Å²) in [7, 11) is 1.33. The summed E-state index contributed by atoms with van der Waals surface area (Å²) in [5.41, 5.74) is 3.40. The maximum Gasteiger partial charge on any atom is 0.325 e. The maximum atomic E-state index is 13.2. The van der Waals surface area contributed by atoms with E-state index in [9.17, 15) is 9.59 Å². The summed E-state index contributed by atoms with van der Waals surface area (Å²) in [6.45, 7) is 1.66. The molecule has 4 rings (SSSR count). The van der Waals surface area contributed by atoms with Crippen molar-refractivity contribution < 1.29 is 14.3 Å². The molecule has 0 aliphatic carbocycles. The van der Waals surface area contributed by atoms with Gasteiger partial charge in [0.15, 0.2) is 5.41 Å². The summed E-state index contributed by atoms with van der Waals surface area (Å²) >= 11 is 0. The number of aryl methyl sites for hydroxylation is 2. The fourth-order valence-electron chi connectivity index (χ4n) is 3.74. The van der Waals surface area contributed by atoms with E-state index in [1.807, 2.05) is 42.5 Å². The van der Waals surface area contributed by atoms with Crippen LogP contribution in [-0.4, -0.2) is 19.0 Å². The van der Waals surface area contributed by atoms with E-state index in [1.165, 1.54) is 7.11 Å². The molecule has 0 bridgehead atoms. The Morgan fingerprint density at radius 3 is 2.57 bits per heavy atom. The Morgan fingerprint density at radius 2 is 1.78 bits per heavy atom. The number of benzene rings is 2. The first-order chi connectivity index (χ1) is 11.1. The molecule has 2 aromatic rings. The number of carbonyl (C=O) groups is 2. The first-order valence-electron chi connectivity index (χ1n) is 7.72. The van der Waals surface area contributed by atoms with Gasteiger partial charge in [-0.15, -0.1) is 0 Å². The molecule has 0 N–H and O–H groups in total. The minimum absolute atomic E-state index is 0.235. The number of fused-ring (bicyclic) bond motifs is 2. The van der Waals surface area contributed by atoms with E-state index in [2.05, 4.69) is 0 Å². The average Bonchev–Trinajstić information content (AvgIpc) is 2.73. The Labute approximate surface area is 134 Å². The number of esters is 1. The summed E-state index contributed by atoms with van der Waals surface area (Å²) in [5, 5.41) is 0. The van der Waals surface area contributed by atoms with Gasteiger partial charge in [-0.05, 0) is 37.0 Å². The first kappa shape index (κ1) is 14.0. The highest BCUT2D eigenvalue weighted by atomic mass is 16.5. The van der Waals surface area contributed by atoms with Gasteiger partial charge in [-0.25, -0.2) is 0 Å². The number of carbonyl (C=O) groups excluding carboxylic acids is 2. The highest BCUT2D eigenvalue weighted by Crippen LogP contribution is 2.50. The van der Waals surface area contributed by atoms with Crippen molar-refractivity contribution in [3.05, 3.63) is 59.2 Å². The Hall–Kier alpha value is -2.62. The fraction of sp³-hybridized carbons (Fsp3) is 0.263. The van der Waals surface area contributed by atoms with E-state index in [0.29, 0.717) is 0 Å². The van der Waals surface area contributed by atoms with Crippen LogP contribution in [0.4, 0.5) is 11.4 Å². The van der Waals surface area contributed by atoms with Crippen molar-refractivity contribution in [2.75, 3.05) is 12.0 Å². The van der Waals surface area contributed by atoms with Gasteiger partial charge >= 0.3 is 5.97 Å². The molecule has 2 aromatic carbocycles. The molecule has 0 fully saturated rings. The second-order valence-corrected chi connectivity index (χ2v) is 6.20.